The van der Waals surface area contributed by atoms with E-state index in [-0.39, 0.29) is 18.7 Å². The number of carbonyl (C=O) groups is 1. The standard InChI is InChI=1S/C18H15Cl3N2O3/c19-11-3-1-10(2-4-11)17-13(7-8-24)16(18(25)26)22-23(17)15-6-5-12(20)9-14(15)21/h1-6,9,13,17,24H,7-8H2,(H,25,26). The van der Waals surface area contributed by atoms with Crippen molar-refractivity contribution in [3.05, 3.63) is 63.1 Å². The molecule has 0 bridgehead atoms. The molecule has 5 nitrogen and oxygen atoms in total. The molecule has 2 unspecified atom stereocenters. The van der Waals surface area contributed by atoms with Crippen molar-refractivity contribution in [2.24, 2.45) is 11.0 Å². The highest BCUT2D eigenvalue weighted by Gasteiger charge is 2.42. The molecule has 0 aliphatic carbocycles. The molecule has 0 fully saturated rings. The lowest BCUT2D eigenvalue weighted by atomic mass is 9.87. The van der Waals surface area contributed by atoms with Crippen molar-refractivity contribution >= 4 is 52.2 Å². The number of rotatable bonds is 5. The molecule has 2 N–H and O–H groups in total. The Morgan fingerprint density at radius 1 is 1.08 bits per heavy atom. The van der Waals surface area contributed by atoms with Crippen LogP contribution in [-0.4, -0.2) is 28.5 Å². The summed E-state index contributed by atoms with van der Waals surface area (Å²) in [7, 11) is 0. The van der Waals surface area contributed by atoms with Gasteiger partial charge in [-0.1, -0.05) is 46.9 Å². The van der Waals surface area contributed by atoms with E-state index in [1.54, 1.807) is 35.3 Å². The lowest BCUT2D eigenvalue weighted by Crippen LogP contribution is -2.29. The zero-order valence-electron chi connectivity index (χ0n) is 13.4. The molecule has 0 spiro atoms. The molecule has 0 radical (unpaired) electrons. The minimum atomic E-state index is -1.13. The summed E-state index contributed by atoms with van der Waals surface area (Å²) in [5.74, 6) is -1.64. The number of carboxylic acids is 1. The third-order valence-electron chi connectivity index (χ3n) is 4.24. The zero-order chi connectivity index (χ0) is 18.8. The van der Waals surface area contributed by atoms with Gasteiger partial charge in [0.05, 0.1) is 16.8 Å². The molecule has 1 aliphatic rings. The number of benzene rings is 2. The van der Waals surface area contributed by atoms with Crippen LogP contribution in [0.2, 0.25) is 15.1 Å². The SMILES string of the molecule is O=C(O)C1=NN(c2ccc(Cl)cc2Cl)C(c2ccc(Cl)cc2)C1CCO. The fraction of sp³-hybridized carbons (Fsp3) is 0.222. The van der Waals surface area contributed by atoms with Crippen molar-refractivity contribution in [2.75, 3.05) is 11.6 Å². The Balaban J connectivity index is 2.13. The Labute approximate surface area is 165 Å². The number of halogens is 3. The van der Waals surface area contributed by atoms with Gasteiger partial charge in [0.2, 0.25) is 0 Å². The van der Waals surface area contributed by atoms with Gasteiger partial charge in [-0.3, -0.25) is 5.01 Å². The summed E-state index contributed by atoms with van der Waals surface area (Å²) in [5.41, 5.74) is 1.33. The molecule has 0 saturated carbocycles. The highest BCUT2D eigenvalue weighted by Crippen LogP contribution is 2.43. The lowest BCUT2D eigenvalue weighted by Gasteiger charge is -2.29. The van der Waals surface area contributed by atoms with E-state index >= 15 is 0 Å². The van der Waals surface area contributed by atoms with Crippen LogP contribution in [-0.2, 0) is 4.79 Å². The molecule has 0 amide bonds. The third kappa shape index (κ3) is 3.67. The normalized spacial score (nSPS) is 19.5. The number of hydrogen-bond acceptors (Lipinski definition) is 4. The maximum atomic E-state index is 11.7. The largest absolute Gasteiger partial charge is 0.477 e. The van der Waals surface area contributed by atoms with E-state index < -0.39 is 17.9 Å². The maximum Gasteiger partial charge on any atom is 0.352 e. The highest BCUT2D eigenvalue weighted by molar-refractivity contribution is 6.38. The van der Waals surface area contributed by atoms with Gasteiger partial charge in [-0.05, 0) is 42.3 Å². The summed E-state index contributed by atoms with van der Waals surface area (Å²) in [5, 5.41) is 26.3. The zero-order valence-corrected chi connectivity index (χ0v) is 15.7. The Bertz CT molecular complexity index is 855. The van der Waals surface area contributed by atoms with Gasteiger partial charge in [-0.25, -0.2) is 4.79 Å². The first-order valence-corrected chi connectivity index (χ1v) is 8.98. The van der Waals surface area contributed by atoms with Crippen molar-refractivity contribution in [3.8, 4) is 0 Å². The Hall–Kier alpha value is -1.79. The number of aliphatic carboxylic acids is 1. The fourth-order valence-corrected chi connectivity index (χ4v) is 3.73. The number of carboxylic acid groups (broad SMARTS) is 1. The van der Waals surface area contributed by atoms with Gasteiger partial charge in [-0.15, -0.1) is 0 Å². The molecule has 0 saturated heterocycles. The lowest BCUT2D eigenvalue weighted by molar-refractivity contribution is -0.129. The van der Waals surface area contributed by atoms with Gasteiger partial charge in [0.1, 0.15) is 0 Å². The summed E-state index contributed by atoms with van der Waals surface area (Å²) in [4.78, 5) is 11.7. The predicted octanol–water partition coefficient (Wildman–Crippen LogP) is 4.65. The molecule has 8 heteroatoms. The van der Waals surface area contributed by atoms with Gasteiger partial charge in [0.25, 0.3) is 0 Å². The van der Waals surface area contributed by atoms with Crippen LogP contribution in [0.15, 0.2) is 47.6 Å². The molecule has 2 atom stereocenters. The molecule has 136 valence electrons. The van der Waals surface area contributed by atoms with E-state index in [9.17, 15) is 15.0 Å². The molecule has 3 rings (SSSR count). The van der Waals surface area contributed by atoms with Crippen LogP contribution in [0, 0.1) is 5.92 Å². The van der Waals surface area contributed by atoms with Gasteiger partial charge in [0, 0.05) is 22.6 Å². The van der Waals surface area contributed by atoms with Crippen molar-refractivity contribution < 1.29 is 15.0 Å². The van der Waals surface area contributed by atoms with Crippen molar-refractivity contribution in [2.45, 2.75) is 12.5 Å². The first kappa shape index (κ1) is 19.0. The number of aliphatic hydroxyl groups is 1. The van der Waals surface area contributed by atoms with E-state index in [2.05, 4.69) is 5.10 Å². The van der Waals surface area contributed by atoms with Crippen molar-refractivity contribution in [1.29, 1.82) is 0 Å². The summed E-state index contributed by atoms with van der Waals surface area (Å²) in [6, 6.07) is 11.6. The summed E-state index contributed by atoms with van der Waals surface area (Å²) >= 11 is 18.3. The Kier molecular flexibility index (Phi) is 5.73. The van der Waals surface area contributed by atoms with E-state index in [0.29, 0.717) is 20.8 Å². The number of nitrogens with zero attached hydrogens (tertiary/aromatic N) is 2. The van der Waals surface area contributed by atoms with Crippen LogP contribution in [0.25, 0.3) is 0 Å². The molecular weight excluding hydrogens is 399 g/mol. The molecule has 1 heterocycles. The molecule has 0 aromatic heterocycles. The minimum absolute atomic E-state index is 0.0231. The number of anilines is 1. The summed E-state index contributed by atoms with van der Waals surface area (Å²) < 4.78 is 0. The van der Waals surface area contributed by atoms with E-state index in [4.69, 9.17) is 34.8 Å². The predicted molar refractivity (Wildman–Crippen MR) is 103 cm³/mol. The number of hydrogen-bond donors (Lipinski definition) is 2. The monoisotopic (exact) mass is 412 g/mol. The summed E-state index contributed by atoms with van der Waals surface area (Å²) in [6.45, 7) is -0.163. The van der Waals surface area contributed by atoms with Crippen molar-refractivity contribution in [3.63, 3.8) is 0 Å². The molecular formula is C18H15Cl3N2O3. The Morgan fingerprint density at radius 2 is 1.73 bits per heavy atom. The highest BCUT2D eigenvalue weighted by atomic mass is 35.5. The van der Waals surface area contributed by atoms with Crippen LogP contribution in [0.1, 0.15) is 18.0 Å². The van der Waals surface area contributed by atoms with Crippen LogP contribution < -0.4 is 5.01 Å². The van der Waals surface area contributed by atoms with Gasteiger partial charge < -0.3 is 10.2 Å². The van der Waals surface area contributed by atoms with Crippen LogP contribution >= 0.6 is 34.8 Å². The van der Waals surface area contributed by atoms with Gasteiger partial charge >= 0.3 is 5.97 Å². The topological polar surface area (TPSA) is 73.1 Å². The molecule has 2 aromatic rings. The number of hydrazone groups is 1. The average molecular weight is 414 g/mol. The molecule has 2 aromatic carbocycles. The van der Waals surface area contributed by atoms with E-state index in [1.807, 2.05) is 12.1 Å². The molecule has 1 aliphatic heterocycles. The second kappa shape index (κ2) is 7.84. The van der Waals surface area contributed by atoms with Crippen LogP contribution in [0.4, 0.5) is 5.69 Å². The fourth-order valence-electron chi connectivity index (χ4n) is 3.11. The smallest absolute Gasteiger partial charge is 0.352 e. The molecule has 26 heavy (non-hydrogen) atoms. The summed E-state index contributed by atoms with van der Waals surface area (Å²) in [6.07, 6.45) is 0.250. The van der Waals surface area contributed by atoms with Crippen LogP contribution in [0.3, 0.4) is 0 Å². The average Bonchev–Trinajstić information content (AvgIpc) is 2.95. The van der Waals surface area contributed by atoms with Gasteiger partial charge in [-0.2, -0.15) is 5.10 Å². The minimum Gasteiger partial charge on any atom is -0.477 e. The number of aliphatic hydroxyl groups excluding tert-OH is 1. The quantitative estimate of drug-likeness (QED) is 0.748. The van der Waals surface area contributed by atoms with Crippen molar-refractivity contribution in [1.82, 2.24) is 0 Å². The second-order valence-electron chi connectivity index (χ2n) is 5.85. The van der Waals surface area contributed by atoms with Gasteiger partial charge in [0.15, 0.2) is 5.71 Å². The van der Waals surface area contributed by atoms with Crippen LogP contribution in [0.5, 0.6) is 0 Å². The van der Waals surface area contributed by atoms with E-state index in [0.717, 1.165) is 5.56 Å². The maximum absolute atomic E-state index is 11.7. The van der Waals surface area contributed by atoms with E-state index in [1.165, 1.54) is 0 Å². The second-order valence-corrected chi connectivity index (χ2v) is 7.13. The Morgan fingerprint density at radius 3 is 2.31 bits per heavy atom. The first-order chi connectivity index (χ1) is 12.4. The third-order valence-corrected chi connectivity index (χ3v) is 5.03. The first-order valence-electron chi connectivity index (χ1n) is 7.84.